The Kier molecular flexibility index (Phi) is 5.09. The molecule has 0 bridgehead atoms. The second-order valence-corrected chi connectivity index (χ2v) is 5.23. The number of aromatic nitrogens is 1. The molecular formula is C15H20N2O3. The molecule has 1 fully saturated rings. The standard InChI is InChI=1S/C15H20N2O3/c1-11-6-2-3-7-12(11)17-14(18)10-20-15(19)13-8-4-5-9-16-13/h4-5,8-9,11-12H,2-3,6-7,10H2,1H3,(H,17,18)/t11-,12+/m1/s1. The first-order valence-corrected chi connectivity index (χ1v) is 7.04. The number of nitrogens with zero attached hydrogens (tertiary/aromatic N) is 1. The van der Waals surface area contributed by atoms with Crippen LogP contribution in [0.25, 0.3) is 0 Å². The zero-order chi connectivity index (χ0) is 14.4. The van der Waals surface area contributed by atoms with Crippen LogP contribution in [0.5, 0.6) is 0 Å². The summed E-state index contributed by atoms with van der Waals surface area (Å²) in [5.74, 6) is -0.329. The summed E-state index contributed by atoms with van der Waals surface area (Å²) < 4.78 is 4.95. The van der Waals surface area contributed by atoms with Gasteiger partial charge in [0, 0.05) is 12.2 Å². The molecule has 1 aromatic rings. The van der Waals surface area contributed by atoms with E-state index >= 15 is 0 Å². The van der Waals surface area contributed by atoms with Crippen LogP contribution in [0.3, 0.4) is 0 Å². The van der Waals surface area contributed by atoms with E-state index in [0.29, 0.717) is 5.92 Å². The van der Waals surface area contributed by atoms with Crippen LogP contribution in [0.2, 0.25) is 0 Å². The highest BCUT2D eigenvalue weighted by atomic mass is 16.5. The summed E-state index contributed by atoms with van der Waals surface area (Å²) in [5.41, 5.74) is 0.214. The monoisotopic (exact) mass is 276 g/mol. The van der Waals surface area contributed by atoms with Crippen molar-refractivity contribution >= 4 is 11.9 Å². The van der Waals surface area contributed by atoms with Gasteiger partial charge in [-0.25, -0.2) is 9.78 Å². The van der Waals surface area contributed by atoms with Gasteiger partial charge in [0.25, 0.3) is 5.91 Å². The lowest BCUT2D eigenvalue weighted by Crippen LogP contribution is -2.42. The van der Waals surface area contributed by atoms with Crippen molar-refractivity contribution in [3.63, 3.8) is 0 Å². The van der Waals surface area contributed by atoms with Crippen molar-refractivity contribution in [2.24, 2.45) is 5.92 Å². The molecule has 2 rings (SSSR count). The van der Waals surface area contributed by atoms with Gasteiger partial charge in [0.2, 0.25) is 0 Å². The van der Waals surface area contributed by atoms with Crippen molar-refractivity contribution < 1.29 is 14.3 Å². The average molecular weight is 276 g/mol. The van der Waals surface area contributed by atoms with Gasteiger partial charge in [0.1, 0.15) is 5.69 Å². The Hall–Kier alpha value is -1.91. The third kappa shape index (κ3) is 4.05. The Labute approximate surface area is 118 Å². The first kappa shape index (κ1) is 14.5. The minimum absolute atomic E-state index is 0.199. The summed E-state index contributed by atoms with van der Waals surface area (Å²) in [6.45, 7) is 1.89. The van der Waals surface area contributed by atoms with Crippen molar-refractivity contribution in [1.29, 1.82) is 0 Å². The molecule has 1 aromatic heterocycles. The number of esters is 1. The van der Waals surface area contributed by atoms with Crippen molar-refractivity contribution in [3.05, 3.63) is 30.1 Å². The molecule has 0 unspecified atom stereocenters. The zero-order valence-electron chi connectivity index (χ0n) is 11.7. The maximum atomic E-state index is 11.8. The number of ether oxygens (including phenoxy) is 1. The number of rotatable bonds is 4. The zero-order valence-corrected chi connectivity index (χ0v) is 11.7. The first-order chi connectivity index (χ1) is 9.66. The summed E-state index contributed by atoms with van der Waals surface area (Å²) >= 11 is 0. The number of nitrogens with one attached hydrogen (secondary N) is 1. The SMILES string of the molecule is C[C@@H]1CCCC[C@@H]1NC(=O)COC(=O)c1ccccn1. The molecule has 0 saturated heterocycles. The number of hydrogen-bond acceptors (Lipinski definition) is 4. The number of hydrogen-bond donors (Lipinski definition) is 1. The molecule has 1 aliphatic carbocycles. The van der Waals surface area contributed by atoms with Gasteiger partial charge in [-0.05, 0) is 30.9 Å². The number of pyridine rings is 1. The Morgan fingerprint density at radius 1 is 1.35 bits per heavy atom. The molecule has 2 atom stereocenters. The molecule has 1 amide bonds. The largest absolute Gasteiger partial charge is 0.451 e. The molecule has 108 valence electrons. The molecule has 5 nitrogen and oxygen atoms in total. The van der Waals surface area contributed by atoms with E-state index in [4.69, 9.17) is 4.74 Å². The Bertz CT molecular complexity index is 461. The number of amides is 1. The minimum Gasteiger partial charge on any atom is -0.451 e. The fourth-order valence-corrected chi connectivity index (χ4v) is 2.47. The topological polar surface area (TPSA) is 68.3 Å². The molecule has 20 heavy (non-hydrogen) atoms. The fraction of sp³-hybridized carbons (Fsp3) is 0.533. The van der Waals surface area contributed by atoms with Crippen LogP contribution in [0.4, 0.5) is 0 Å². The van der Waals surface area contributed by atoms with Gasteiger partial charge in [-0.15, -0.1) is 0 Å². The van der Waals surface area contributed by atoms with Gasteiger partial charge in [-0.2, -0.15) is 0 Å². The lowest BCUT2D eigenvalue weighted by Gasteiger charge is -2.29. The second kappa shape index (κ2) is 7.03. The van der Waals surface area contributed by atoms with E-state index in [2.05, 4.69) is 17.2 Å². The molecule has 0 radical (unpaired) electrons. The lowest BCUT2D eigenvalue weighted by atomic mass is 9.86. The third-order valence-corrected chi connectivity index (χ3v) is 3.67. The summed E-state index contributed by atoms with van der Waals surface area (Å²) in [7, 11) is 0. The van der Waals surface area contributed by atoms with Crippen molar-refractivity contribution in [3.8, 4) is 0 Å². The number of carbonyl (C=O) groups excluding carboxylic acids is 2. The highest BCUT2D eigenvalue weighted by Crippen LogP contribution is 2.23. The predicted molar refractivity (Wildman–Crippen MR) is 74.1 cm³/mol. The van der Waals surface area contributed by atoms with Gasteiger partial charge in [0.05, 0.1) is 0 Å². The Morgan fingerprint density at radius 3 is 2.85 bits per heavy atom. The van der Waals surface area contributed by atoms with Crippen LogP contribution >= 0.6 is 0 Å². The van der Waals surface area contributed by atoms with Crippen LogP contribution in [0.1, 0.15) is 43.1 Å². The van der Waals surface area contributed by atoms with Crippen molar-refractivity contribution in [2.45, 2.75) is 38.6 Å². The normalized spacial score (nSPS) is 22.1. The van der Waals surface area contributed by atoms with Gasteiger partial charge >= 0.3 is 5.97 Å². The molecule has 0 aromatic carbocycles. The molecule has 5 heteroatoms. The van der Waals surface area contributed by atoms with Crippen molar-refractivity contribution in [1.82, 2.24) is 10.3 Å². The van der Waals surface area contributed by atoms with Crippen LogP contribution in [0.15, 0.2) is 24.4 Å². The summed E-state index contributed by atoms with van der Waals surface area (Å²) in [6.07, 6.45) is 6.02. The van der Waals surface area contributed by atoms with Crippen molar-refractivity contribution in [2.75, 3.05) is 6.61 Å². The van der Waals surface area contributed by atoms with E-state index in [0.717, 1.165) is 19.3 Å². The second-order valence-electron chi connectivity index (χ2n) is 5.23. The fourth-order valence-electron chi connectivity index (χ4n) is 2.47. The van der Waals surface area contributed by atoms with E-state index in [1.54, 1.807) is 18.2 Å². The highest BCUT2D eigenvalue weighted by Gasteiger charge is 2.23. The number of carbonyl (C=O) groups is 2. The summed E-state index contributed by atoms with van der Waals surface area (Å²) in [6, 6.07) is 5.18. The Balaban J connectivity index is 1.76. The lowest BCUT2D eigenvalue weighted by molar-refractivity contribution is -0.125. The van der Waals surface area contributed by atoms with Crippen LogP contribution in [0, 0.1) is 5.92 Å². The molecule has 1 N–H and O–H groups in total. The summed E-state index contributed by atoms with van der Waals surface area (Å²) in [5, 5.41) is 2.94. The van der Waals surface area contributed by atoms with Gasteiger partial charge < -0.3 is 10.1 Å². The molecular weight excluding hydrogens is 256 g/mol. The minimum atomic E-state index is -0.572. The third-order valence-electron chi connectivity index (χ3n) is 3.67. The van der Waals surface area contributed by atoms with Gasteiger partial charge in [0.15, 0.2) is 6.61 Å². The summed E-state index contributed by atoms with van der Waals surface area (Å²) in [4.78, 5) is 27.3. The molecule has 1 aliphatic rings. The molecule has 1 heterocycles. The van der Waals surface area contributed by atoms with Crippen LogP contribution < -0.4 is 5.32 Å². The molecule has 0 spiro atoms. The maximum Gasteiger partial charge on any atom is 0.357 e. The van der Waals surface area contributed by atoms with E-state index in [1.807, 2.05) is 0 Å². The highest BCUT2D eigenvalue weighted by molar-refractivity contribution is 5.89. The van der Waals surface area contributed by atoms with E-state index < -0.39 is 5.97 Å². The van der Waals surface area contributed by atoms with E-state index in [9.17, 15) is 9.59 Å². The van der Waals surface area contributed by atoms with Crippen LogP contribution in [-0.2, 0) is 9.53 Å². The quantitative estimate of drug-likeness (QED) is 0.853. The van der Waals surface area contributed by atoms with E-state index in [1.165, 1.54) is 12.6 Å². The molecule has 0 aliphatic heterocycles. The predicted octanol–water partition coefficient (Wildman–Crippen LogP) is 1.93. The molecule has 1 saturated carbocycles. The smallest absolute Gasteiger partial charge is 0.357 e. The Morgan fingerprint density at radius 2 is 2.15 bits per heavy atom. The maximum absolute atomic E-state index is 11.8. The van der Waals surface area contributed by atoms with E-state index in [-0.39, 0.29) is 24.2 Å². The first-order valence-electron chi connectivity index (χ1n) is 7.04. The van der Waals surface area contributed by atoms with Crippen LogP contribution in [-0.4, -0.2) is 29.5 Å². The van der Waals surface area contributed by atoms with Gasteiger partial charge in [-0.3, -0.25) is 4.79 Å². The average Bonchev–Trinajstić information content (AvgIpc) is 2.48. The van der Waals surface area contributed by atoms with Gasteiger partial charge in [-0.1, -0.05) is 25.8 Å².